The van der Waals surface area contributed by atoms with Crippen LogP contribution in [0.1, 0.15) is 44.5 Å². The fourth-order valence-corrected chi connectivity index (χ4v) is 1.27. The van der Waals surface area contributed by atoms with Crippen LogP contribution in [0.3, 0.4) is 0 Å². The summed E-state index contributed by atoms with van der Waals surface area (Å²) in [6.45, 7) is 4.31. The highest BCUT2D eigenvalue weighted by Crippen LogP contribution is 2.35. The molecule has 1 aromatic heterocycles. The van der Waals surface area contributed by atoms with Crippen molar-refractivity contribution in [3.63, 3.8) is 0 Å². The van der Waals surface area contributed by atoms with Crippen molar-refractivity contribution in [1.82, 2.24) is 14.8 Å². The van der Waals surface area contributed by atoms with E-state index in [2.05, 4.69) is 28.6 Å². The van der Waals surface area contributed by atoms with Crippen LogP contribution in [0.25, 0.3) is 0 Å². The van der Waals surface area contributed by atoms with Crippen molar-refractivity contribution in [2.45, 2.75) is 38.6 Å². The zero-order chi connectivity index (χ0) is 7.84. The highest BCUT2D eigenvalue weighted by molar-refractivity contribution is 4.96. The lowest BCUT2D eigenvalue weighted by Gasteiger charge is -2.05. The van der Waals surface area contributed by atoms with Gasteiger partial charge < -0.3 is 0 Å². The van der Waals surface area contributed by atoms with Gasteiger partial charge in [-0.3, -0.25) is 0 Å². The molecule has 0 aromatic carbocycles. The van der Waals surface area contributed by atoms with Gasteiger partial charge >= 0.3 is 0 Å². The Morgan fingerprint density at radius 1 is 1.55 bits per heavy atom. The topological polar surface area (TPSA) is 30.7 Å². The third kappa shape index (κ3) is 1.15. The summed E-state index contributed by atoms with van der Waals surface area (Å²) in [5.74, 6) is 1.63. The van der Waals surface area contributed by atoms with E-state index < -0.39 is 0 Å². The third-order valence-electron chi connectivity index (χ3n) is 2.01. The van der Waals surface area contributed by atoms with Crippen molar-refractivity contribution in [3.05, 3.63) is 12.2 Å². The lowest BCUT2D eigenvalue weighted by atomic mass is 10.2. The molecule has 1 fully saturated rings. The van der Waals surface area contributed by atoms with Gasteiger partial charge in [-0.25, -0.2) is 9.67 Å². The molecule has 0 saturated heterocycles. The molecule has 0 radical (unpaired) electrons. The van der Waals surface area contributed by atoms with E-state index >= 15 is 0 Å². The van der Waals surface area contributed by atoms with Crippen molar-refractivity contribution in [2.24, 2.45) is 0 Å². The van der Waals surface area contributed by atoms with Crippen LogP contribution in [0.5, 0.6) is 0 Å². The normalized spacial score (nSPS) is 17.7. The molecule has 11 heavy (non-hydrogen) atoms. The summed E-state index contributed by atoms with van der Waals surface area (Å²) in [5, 5.41) is 4.20. The van der Waals surface area contributed by atoms with Gasteiger partial charge in [-0.15, -0.1) is 0 Å². The summed E-state index contributed by atoms with van der Waals surface area (Å²) < 4.78 is 2.07. The minimum atomic E-state index is 0.498. The van der Waals surface area contributed by atoms with Crippen LogP contribution in [-0.4, -0.2) is 14.8 Å². The van der Waals surface area contributed by atoms with Crippen LogP contribution in [0.15, 0.2) is 6.33 Å². The summed E-state index contributed by atoms with van der Waals surface area (Å²) in [6.07, 6.45) is 4.22. The first-order valence-corrected chi connectivity index (χ1v) is 4.18. The lowest BCUT2D eigenvalue weighted by molar-refractivity contribution is 0.575. The first-order valence-electron chi connectivity index (χ1n) is 4.18. The number of hydrogen-bond donors (Lipinski definition) is 0. The van der Waals surface area contributed by atoms with Crippen LogP contribution in [-0.2, 0) is 0 Å². The highest BCUT2D eigenvalue weighted by atomic mass is 15.4. The van der Waals surface area contributed by atoms with Crippen LogP contribution in [0, 0.1) is 0 Å². The van der Waals surface area contributed by atoms with Gasteiger partial charge in [0.15, 0.2) is 0 Å². The summed E-state index contributed by atoms with van der Waals surface area (Å²) >= 11 is 0. The van der Waals surface area contributed by atoms with E-state index in [1.54, 1.807) is 6.33 Å². The summed E-state index contributed by atoms with van der Waals surface area (Å²) in [4.78, 5) is 4.23. The molecule has 0 N–H and O–H groups in total. The number of aromatic nitrogens is 3. The van der Waals surface area contributed by atoms with Crippen LogP contribution in [0.4, 0.5) is 0 Å². The molecule has 1 saturated carbocycles. The zero-order valence-corrected chi connectivity index (χ0v) is 6.99. The lowest BCUT2D eigenvalue weighted by Crippen LogP contribution is -2.04. The molecule has 1 aliphatic rings. The number of rotatable bonds is 2. The Morgan fingerprint density at radius 2 is 2.27 bits per heavy atom. The van der Waals surface area contributed by atoms with Crippen molar-refractivity contribution >= 4 is 0 Å². The average Bonchev–Trinajstić information content (AvgIpc) is 2.68. The van der Waals surface area contributed by atoms with Crippen molar-refractivity contribution in [2.75, 3.05) is 0 Å². The summed E-state index contributed by atoms with van der Waals surface area (Å²) in [5.41, 5.74) is 0. The molecule has 3 heteroatoms. The van der Waals surface area contributed by atoms with Crippen molar-refractivity contribution in [3.8, 4) is 0 Å². The molecule has 0 spiro atoms. The van der Waals surface area contributed by atoms with Gasteiger partial charge in [0.25, 0.3) is 0 Å². The fraction of sp³-hybridized carbons (Fsp3) is 0.750. The Hall–Kier alpha value is -0.860. The second kappa shape index (κ2) is 2.32. The van der Waals surface area contributed by atoms with Gasteiger partial charge in [-0.2, -0.15) is 5.10 Å². The Balaban J connectivity index is 2.30. The van der Waals surface area contributed by atoms with E-state index in [1.165, 1.54) is 12.8 Å². The van der Waals surface area contributed by atoms with E-state index in [9.17, 15) is 0 Å². The second-order valence-electron chi connectivity index (χ2n) is 3.45. The Labute approximate surface area is 66.4 Å². The maximum atomic E-state index is 4.23. The Morgan fingerprint density at radius 3 is 2.82 bits per heavy atom. The third-order valence-corrected chi connectivity index (χ3v) is 2.01. The molecule has 3 nitrogen and oxygen atoms in total. The van der Waals surface area contributed by atoms with Gasteiger partial charge in [0.1, 0.15) is 12.2 Å². The molecular formula is C8H13N3. The van der Waals surface area contributed by atoms with Gasteiger partial charge in [-0.1, -0.05) is 13.8 Å². The standard InChI is InChI=1S/C8H13N3/c1-6(2)8-9-5-10-11(8)7-3-4-7/h5-7H,3-4H2,1-2H3. The average molecular weight is 151 g/mol. The van der Waals surface area contributed by atoms with Gasteiger partial charge in [0, 0.05) is 5.92 Å². The molecule has 0 unspecified atom stereocenters. The summed E-state index contributed by atoms with van der Waals surface area (Å²) in [6, 6.07) is 0.662. The monoisotopic (exact) mass is 151 g/mol. The Kier molecular flexibility index (Phi) is 1.44. The van der Waals surface area contributed by atoms with Crippen molar-refractivity contribution in [1.29, 1.82) is 0 Å². The van der Waals surface area contributed by atoms with E-state index in [4.69, 9.17) is 0 Å². The first kappa shape index (κ1) is 6.83. The maximum Gasteiger partial charge on any atom is 0.138 e. The number of nitrogens with zero attached hydrogens (tertiary/aromatic N) is 3. The molecule has 1 heterocycles. The second-order valence-corrected chi connectivity index (χ2v) is 3.45. The molecule has 60 valence electrons. The fourth-order valence-electron chi connectivity index (χ4n) is 1.27. The van der Waals surface area contributed by atoms with Gasteiger partial charge in [-0.05, 0) is 12.8 Å². The minimum absolute atomic E-state index is 0.498. The predicted molar refractivity (Wildman–Crippen MR) is 42.4 cm³/mol. The minimum Gasteiger partial charge on any atom is -0.247 e. The van der Waals surface area contributed by atoms with Crippen molar-refractivity contribution < 1.29 is 0 Å². The van der Waals surface area contributed by atoms with E-state index in [-0.39, 0.29) is 0 Å². The predicted octanol–water partition coefficient (Wildman–Crippen LogP) is 1.74. The molecule has 0 bridgehead atoms. The molecule has 0 amide bonds. The van der Waals surface area contributed by atoms with E-state index in [1.807, 2.05) is 0 Å². The molecule has 0 aliphatic heterocycles. The highest BCUT2D eigenvalue weighted by Gasteiger charge is 2.27. The quantitative estimate of drug-likeness (QED) is 0.644. The molecule has 1 aliphatic carbocycles. The molecule has 1 aromatic rings. The molecule has 0 atom stereocenters. The SMILES string of the molecule is CC(C)c1ncnn1C1CC1. The van der Waals surface area contributed by atoms with E-state index in [0.29, 0.717) is 12.0 Å². The van der Waals surface area contributed by atoms with Crippen LogP contribution in [0.2, 0.25) is 0 Å². The van der Waals surface area contributed by atoms with Crippen LogP contribution >= 0.6 is 0 Å². The van der Waals surface area contributed by atoms with Gasteiger partial charge in [0.2, 0.25) is 0 Å². The molecule has 2 rings (SSSR count). The van der Waals surface area contributed by atoms with Gasteiger partial charge in [0.05, 0.1) is 6.04 Å². The van der Waals surface area contributed by atoms with E-state index in [0.717, 1.165) is 5.82 Å². The smallest absolute Gasteiger partial charge is 0.138 e. The maximum absolute atomic E-state index is 4.23. The first-order chi connectivity index (χ1) is 5.29. The van der Waals surface area contributed by atoms with Crippen LogP contribution < -0.4 is 0 Å². The summed E-state index contributed by atoms with van der Waals surface area (Å²) in [7, 11) is 0. The zero-order valence-electron chi connectivity index (χ0n) is 6.99. The molecular weight excluding hydrogens is 138 g/mol. The Bertz CT molecular complexity index is 231. The number of hydrogen-bond acceptors (Lipinski definition) is 2. The largest absolute Gasteiger partial charge is 0.247 e.